The predicted octanol–water partition coefficient (Wildman–Crippen LogP) is 1.23. The zero-order valence-electron chi connectivity index (χ0n) is 15.4. The first-order valence-electron chi connectivity index (χ1n) is 8.47. The number of benzene rings is 1. The van der Waals surface area contributed by atoms with E-state index in [0.717, 1.165) is 5.46 Å². The Bertz CT molecular complexity index is 680. The maximum atomic E-state index is 12.6. The molecule has 0 radical (unpaired) electrons. The molecule has 2 aliphatic rings. The van der Waals surface area contributed by atoms with Crippen LogP contribution in [0.3, 0.4) is 0 Å². The minimum atomic E-state index is -0.503. The highest BCUT2D eigenvalue weighted by atomic mass is 16.7. The van der Waals surface area contributed by atoms with Gasteiger partial charge in [0.25, 0.3) is 5.91 Å². The van der Waals surface area contributed by atoms with Crippen LogP contribution in [0.4, 0.5) is 0 Å². The lowest BCUT2D eigenvalue weighted by molar-refractivity contribution is -0.149. The molecule has 25 heavy (non-hydrogen) atoms. The third kappa shape index (κ3) is 3.18. The number of nitrogens with zero attached hydrogens (tertiary/aromatic N) is 1. The van der Waals surface area contributed by atoms with Crippen molar-refractivity contribution < 1.29 is 23.6 Å². The SMILES string of the molecule is COC(=O)C1CN(C(=O)c2cccc(B3OC(C)(C)C(C)(C)O3)c2)C1. The molecule has 1 amide bonds. The van der Waals surface area contributed by atoms with Crippen LogP contribution in [-0.2, 0) is 18.8 Å². The zero-order valence-corrected chi connectivity index (χ0v) is 15.4. The molecule has 2 heterocycles. The number of hydrogen-bond acceptors (Lipinski definition) is 5. The van der Waals surface area contributed by atoms with Gasteiger partial charge in [0, 0.05) is 18.7 Å². The molecule has 3 rings (SSSR count). The van der Waals surface area contributed by atoms with Gasteiger partial charge in [0.2, 0.25) is 0 Å². The summed E-state index contributed by atoms with van der Waals surface area (Å²) in [4.78, 5) is 25.7. The molecule has 1 aromatic rings. The topological polar surface area (TPSA) is 65.1 Å². The lowest BCUT2D eigenvalue weighted by Gasteiger charge is -2.37. The Balaban J connectivity index is 1.71. The molecule has 0 bridgehead atoms. The van der Waals surface area contributed by atoms with Crippen LogP contribution in [0.15, 0.2) is 24.3 Å². The van der Waals surface area contributed by atoms with Crippen LogP contribution >= 0.6 is 0 Å². The Morgan fingerprint density at radius 2 is 1.76 bits per heavy atom. The summed E-state index contributed by atoms with van der Waals surface area (Å²) in [6.45, 7) is 8.77. The second-order valence-electron chi connectivity index (χ2n) is 7.64. The predicted molar refractivity (Wildman–Crippen MR) is 93.6 cm³/mol. The van der Waals surface area contributed by atoms with E-state index in [0.29, 0.717) is 18.7 Å². The van der Waals surface area contributed by atoms with Crippen molar-refractivity contribution in [2.75, 3.05) is 20.2 Å². The van der Waals surface area contributed by atoms with Crippen molar-refractivity contribution in [3.8, 4) is 0 Å². The van der Waals surface area contributed by atoms with E-state index >= 15 is 0 Å². The first kappa shape index (κ1) is 18.0. The number of amides is 1. The van der Waals surface area contributed by atoms with E-state index in [4.69, 9.17) is 14.0 Å². The van der Waals surface area contributed by atoms with Gasteiger partial charge in [-0.2, -0.15) is 0 Å². The number of hydrogen-bond donors (Lipinski definition) is 0. The monoisotopic (exact) mass is 345 g/mol. The van der Waals surface area contributed by atoms with E-state index in [1.54, 1.807) is 17.0 Å². The van der Waals surface area contributed by atoms with Crippen molar-refractivity contribution >= 4 is 24.5 Å². The molecule has 7 heteroatoms. The van der Waals surface area contributed by atoms with Crippen LogP contribution < -0.4 is 5.46 Å². The summed E-state index contributed by atoms with van der Waals surface area (Å²) in [6.07, 6.45) is 0. The molecule has 134 valence electrons. The second kappa shape index (κ2) is 6.14. The summed E-state index contributed by atoms with van der Waals surface area (Å²) >= 11 is 0. The molecule has 0 saturated carbocycles. The van der Waals surface area contributed by atoms with Crippen LogP contribution in [-0.4, -0.2) is 55.3 Å². The van der Waals surface area contributed by atoms with Gasteiger partial charge in [-0.3, -0.25) is 9.59 Å². The van der Waals surface area contributed by atoms with Gasteiger partial charge < -0.3 is 18.9 Å². The molecule has 6 nitrogen and oxygen atoms in total. The Labute approximate surface area is 148 Å². The van der Waals surface area contributed by atoms with Gasteiger partial charge in [0.1, 0.15) is 0 Å². The molecule has 0 atom stereocenters. The summed E-state index contributed by atoms with van der Waals surface area (Å²) in [5.74, 6) is -0.589. The molecule has 0 aliphatic carbocycles. The lowest BCUT2D eigenvalue weighted by atomic mass is 9.78. The molecule has 0 unspecified atom stereocenters. The maximum absolute atomic E-state index is 12.6. The average Bonchev–Trinajstić information content (AvgIpc) is 2.74. The molecule has 0 aromatic heterocycles. The van der Waals surface area contributed by atoms with Crippen molar-refractivity contribution in [1.82, 2.24) is 4.90 Å². The third-order valence-electron chi connectivity index (χ3n) is 5.36. The number of ether oxygens (including phenoxy) is 1. The minimum absolute atomic E-state index is 0.0986. The van der Waals surface area contributed by atoms with Gasteiger partial charge in [-0.25, -0.2) is 0 Å². The van der Waals surface area contributed by atoms with E-state index < -0.39 is 18.3 Å². The average molecular weight is 345 g/mol. The third-order valence-corrected chi connectivity index (χ3v) is 5.36. The van der Waals surface area contributed by atoms with E-state index in [9.17, 15) is 9.59 Å². The summed E-state index contributed by atoms with van der Waals surface area (Å²) in [5.41, 5.74) is 0.524. The van der Waals surface area contributed by atoms with Gasteiger partial charge >= 0.3 is 13.1 Å². The Morgan fingerprint density at radius 3 is 2.32 bits per heavy atom. The molecular weight excluding hydrogens is 321 g/mol. The first-order chi connectivity index (χ1) is 11.6. The Kier molecular flexibility index (Phi) is 4.41. The van der Waals surface area contributed by atoms with E-state index in [1.807, 2.05) is 39.8 Å². The fourth-order valence-electron chi connectivity index (χ4n) is 2.94. The highest BCUT2D eigenvalue weighted by Gasteiger charge is 2.51. The van der Waals surface area contributed by atoms with Crippen molar-refractivity contribution in [1.29, 1.82) is 0 Å². The minimum Gasteiger partial charge on any atom is -0.469 e. The highest BCUT2D eigenvalue weighted by molar-refractivity contribution is 6.62. The Morgan fingerprint density at radius 1 is 1.16 bits per heavy atom. The fourth-order valence-corrected chi connectivity index (χ4v) is 2.94. The van der Waals surface area contributed by atoms with Crippen LogP contribution in [0.25, 0.3) is 0 Å². The maximum Gasteiger partial charge on any atom is 0.494 e. The molecule has 0 N–H and O–H groups in total. The second-order valence-corrected chi connectivity index (χ2v) is 7.64. The first-order valence-corrected chi connectivity index (χ1v) is 8.47. The zero-order chi connectivity index (χ0) is 18.4. The van der Waals surface area contributed by atoms with Crippen molar-refractivity contribution in [3.05, 3.63) is 29.8 Å². The summed E-state index contributed by atoms with van der Waals surface area (Å²) in [5, 5.41) is 0. The number of esters is 1. The number of methoxy groups -OCH3 is 1. The number of carbonyl (C=O) groups excluding carboxylic acids is 2. The van der Waals surface area contributed by atoms with Crippen molar-refractivity contribution in [2.24, 2.45) is 5.92 Å². The summed E-state index contributed by atoms with van der Waals surface area (Å²) in [6, 6.07) is 7.29. The van der Waals surface area contributed by atoms with Gasteiger partial charge in [-0.15, -0.1) is 0 Å². The van der Waals surface area contributed by atoms with E-state index in [2.05, 4.69) is 0 Å². The number of rotatable bonds is 3. The Hall–Kier alpha value is -1.86. The normalized spacial score (nSPS) is 21.8. The van der Waals surface area contributed by atoms with Gasteiger partial charge in [0.05, 0.1) is 24.2 Å². The fraction of sp³-hybridized carbons (Fsp3) is 0.556. The van der Waals surface area contributed by atoms with Gasteiger partial charge in [-0.05, 0) is 45.3 Å². The van der Waals surface area contributed by atoms with E-state index in [1.165, 1.54) is 7.11 Å². The highest BCUT2D eigenvalue weighted by Crippen LogP contribution is 2.36. The van der Waals surface area contributed by atoms with Gasteiger partial charge in [-0.1, -0.05) is 12.1 Å². The summed E-state index contributed by atoms with van der Waals surface area (Å²) in [7, 11) is 0.859. The van der Waals surface area contributed by atoms with Crippen LogP contribution in [0.2, 0.25) is 0 Å². The van der Waals surface area contributed by atoms with Crippen molar-refractivity contribution in [2.45, 2.75) is 38.9 Å². The number of likely N-dealkylation sites (tertiary alicyclic amines) is 1. The molecule has 1 aromatic carbocycles. The van der Waals surface area contributed by atoms with Crippen LogP contribution in [0.5, 0.6) is 0 Å². The quantitative estimate of drug-likeness (QED) is 0.609. The summed E-state index contributed by atoms with van der Waals surface area (Å²) < 4.78 is 16.8. The molecular formula is C18H24BNO5. The molecule has 0 spiro atoms. The smallest absolute Gasteiger partial charge is 0.469 e. The largest absolute Gasteiger partial charge is 0.494 e. The standard InChI is InChI=1S/C18H24BNO5/c1-17(2)18(3,4)25-19(24-17)14-8-6-7-12(9-14)15(21)20-10-13(11-20)16(22)23-5/h6-9,13H,10-11H2,1-5H3. The van der Waals surface area contributed by atoms with Crippen LogP contribution in [0, 0.1) is 5.92 Å². The van der Waals surface area contributed by atoms with E-state index in [-0.39, 0.29) is 17.8 Å². The van der Waals surface area contributed by atoms with Crippen LogP contribution in [0.1, 0.15) is 38.1 Å². The molecule has 2 aliphatic heterocycles. The molecule has 2 fully saturated rings. The molecule has 2 saturated heterocycles. The van der Waals surface area contributed by atoms with Gasteiger partial charge in [0.15, 0.2) is 0 Å². The number of carbonyl (C=O) groups is 2. The lowest BCUT2D eigenvalue weighted by Crippen LogP contribution is -2.53. The van der Waals surface area contributed by atoms with Crippen molar-refractivity contribution in [3.63, 3.8) is 0 Å².